The van der Waals surface area contributed by atoms with Crippen LogP contribution in [-0.4, -0.2) is 15.9 Å². The molecule has 1 amide bonds. The van der Waals surface area contributed by atoms with Crippen LogP contribution >= 0.6 is 12.2 Å². The molecule has 8 heteroatoms. The van der Waals surface area contributed by atoms with E-state index >= 15 is 0 Å². The van der Waals surface area contributed by atoms with E-state index in [4.69, 9.17) is 12.2 Å². The van der Waals surface area contributed by atoms with Crippen LogP contribution in [0.1, 0.15) is 37.8 Å². The third kappa shape index (κ3) is 6.31. The summed E-state index contributed by atoms with van der Waals surface area (Å²) in [5.41, 5.74) is 7.73. The van der Waals surface area contributed by atoms with Crippen molar-refractivity contribution in [2.45, 2.75) is 33.1 Å². The average molecular weight is 401 g/mol. The van der Waals surface area contributed by atoms with E-state index in [1.165, 1.54) is 17.7 Å². The number of hydrogen-bond acceptors (Lipinski definition) is 4. The van der Waals surface area contributed by atoms with E-state index in [0.717, 1.165) is 12.0 Å². The van der Waals surface area contributed by atoms with Gasteiger partial charge in [0, 0.05) is 17.8 Å². The lowest BCUT2D eigenvalue weighted by Crippen LogP contribution is -2.45. The minimum Gasteiger partial charge on any atom is -0.331 e. The molecule has 148 valence electrons. The van der Waals surface area contributed by atoms with Gasteiger partial charge < -0.3 is 5.32 Å². The molecule has 1 unspecified atom stereocenters. The molecule has 2 aromatic carbocycles. The number of nitrogens with zero attached hydrogens (tertiary/aromatic N) is 1. The van der Waals surface area contributed by atoms with Crippen molar-refractivity contribution in [3.8, 4) is 0 Å². The van der Waals surface area contributed by atoms with Gasteiger partial charge in [-0.15, -0.1) is 0 Å². The zero-order valence-corrected chi connectivity index (χ0v) is 16.9. The molecule has 0 aliphatic rings. The quantitative estimate of drug-likeness (QED) is 0.386. The van der Waals surface area contributed by atoms with Gasteiger partial charge in [-0.05, 0) is 48.7 Å². The minimum absolute atomic E-state index is 0.0497. The molecule has 0 heterocycles. The fourth-order valence-electron chi connectivity index (χ4n) is 2.65. The van der Waals surface area contributed by atoms with Gasteiger partial charge >= 0.3 is 0 Å². The van der Waals surface area contributed by atoms with Crippen LogP contribution in [0.15, 0.2) is 48.5 Å². The number of benzene rings is 2. The van der Waals surface area contributed by atoms with Crippen molar-refractivity contribution in [2.24, 2.45) is 5.92 Å². The molecule has 0 aliphatic heterocycles. The van der Waals surface area contributed by atoms with E-state index in [2.05, 4.69) is 30.0 Å². The summed E-state index contributed by atoms with van der Waals surface area (Å²) in [5, 5.41) is 13.7. The topological polar surface area (TPSA) is 96.3 Å². The maximum absolute atomic E-state index is 12.4. The maximum atomic E-state index is 12.4. The Morgan fingerprint density at radius 1 is 1.11 bits per heavy atom. The first kappa shape index (κ1) is 21.3. The van der Waals surface area contributed by atoms with Crippen molar-refractivity contribution >= 4 is 34.6 Å². The first-order chi connectivity index (χ1) is 13.3. The number of non-ortho nitro benzene ring substituents is 1. The first-order valence-corrected chi connectivity index (χ1v) is 9.37. The van der Waals surface area contributed by atoms with Gasteiger partial charge in [0.1, 0.15) is 0 Å². The highest BCUT2D eigenvalue weighted by Crippen LogP contribution is 2.18. The van der Waals surface area contributed by atoms with Crippen LogP contribution in [0.3, 0.4) is 0 Å². The summed E-state index contributed by atoms with van der Waals surface area (Å²) < 4.78 is 0. The van der Waals surface area contributed by atoms with Crippen molar-refractivity contribution in [2.75, 3.05) is 5.32 Å². The van der Waals surface area contributed by atoms with Gasteiger partial charge in [-0.25, -0.2) is 0 Å². The number of nitro groups is 1. The zero-order valence-electron chi connectivity index (χ0n) is 16.1. The Morgan fingerprint density at radius 2 is 1.79 bits per heavy atom. The first-order valence-electron chi connectivity index (χ1n) is 8.96. The second kappa shape index (κ2) is 9.80. The number of nitrogens with one attached hydrogen (secondary N) is 3. The summed E-state index contributed by atoms with van der Waals surface area (Å²) >= 11 is 5.12. The number of thiocarbonyl (C=S) groups is 1. The van der Waals surface area contributed by atoms with Crippen LogP contribution in [-0.2, 0) is 11.2 Å². The van der Waals surface area contributed by atoms with Crippen LogP contribution in [0, 0.1) is 16.0 Å². The fourth-order valence-corrected chi connectivity index (χ4v) is 2.82. The van der Waals surface area contributed by atoms with E-state index in [1.54, 1.807) is 12.1 Å². The van der Waals surface area contributed by atoms with Gasteiger partial charge in [0.2, 0.25) is 5.91 Å². The van der Waals surface area contributed by atoms with Crippen molar-refractivity contribution in [3.05, 3.63) is 69.8 Å². The molecule has 0 fully saturated rings. The number of nitro benzene ring substituents is 1. The van der Waals surface area contributed by atoms with Crippen molar-refractivity contribution in [1.29, 1.82) is 0 Å². The van der Waals surface area contributed by atoms with E-state index in [1.807, 2.05) is 31.2 Å². The molecule has 0 aromatic heterocycles. The predicted octanol–water partition coefficient (Wildman–Crippen LogP) is 3.91. The van der Waals surface area contributed by atoms with Crippen LogP contribution in [0.25, 0.3) is 0 Å². The normalized spacial score (nSPS) is 11.6. The second-order valence-corrected chi connectivity index (χ2v) is 7.35. The number of hydrogen-bond donors (Lipinski definition) is 3. The van der Waals surface area contributed by atoms with Gasteiger partial charge in [0.05, 0.1) is 10.8 Å². The largest absolute Gasteiger partial charge is 0.331 e. The van der Waals surface area contributed by atoms with E-state index in [0.29, 0.717) is 11.6 Å². The van der Waals surface area contributed by atoms with Gasteiger partial charge in [-0.2, -0.15) is 0 Å². The standard InChI is InChI=1S/C20H24N4O3S/c1-13(2)11-15-7-9-16(10-8-15)14(3)19(25)22-23-20(28)21-17-5-4-6-18(12-17)24(26)27/h4-10,12-14H,11H2,1-3H3,(H,22,25)(H2,21,23,28). The van der Waals surface area contributed by atoms with E-state index < -0.39 is 4.92 Å². The molecule has 0 bridgehead atoms. The lowest BCUT2D eigenvalue weighted by molar-refractivity contribution is -0.384. The minimum atomic E-state index is -0.489. The molecule has 0 radical (unpaired) electrons. The summed E-state index contributed by atoms with van der Waals surface area (Å²) in [6.45, 7) is 6.14. The Balaban J connectivity index is 1.87. The van der Waals surface area contributed by atoms with Crippen molar-refractivity contribution in [3.63, 3.8) is 0 Å². The number of amides is 1. The van der Waals surface area contributed by atoms with Gasteiger partial charge in [-0.3, -0.25) is 25.8 Å². The number of anilines is 1. The molecule has 0 spiro atoms. The SMILES string of the molecule is CC(C)Cc1ccc(C(C)C(=O)NNC(=S)Nc2cccc([N+](=O)[O-])c2)cc1. The Hall–Kier alpha value is -3.00. The summed E-state index contributed by atoms with van der Waals surface area (Å²) in [6, 6.07) is 13.9. The summed E-state index contributed by atoms with van der Waals surface area (Å²) in [6.07, 6.45) is 1.00. The molecule has 28 heavy (non-hydrogen) atoms. The van der Waals surface area contributed by atoms with Gasteiger partial charge in [0.25, 0.3) is 5.69 Å². The molecule has 2 aromatic rings. The number of hydrazine groups is 1. The molecule has 3 N–H and O–H groups in total. The van der Waals surface area contributed by atoms with Crippen LogP contribution < -0.4 is 16.2 Å². The number of carbonyl (C=O) groups excluding carboxylic acids is 1. The monoisotopic (exact) mass is 400 g/mol. The lowest BCUT2D eigenvalue weighted by Gasteiger charge is -2.16. The van der Waals surface area contributed by atoms with Crippen LogP contribution in [0.4, 0.5) is 11.4 Å². The van der Waals surface area contributed by atoms with E-state index in [9.17, 15) is 14.9 Å². The number of carbonyl (C=O) groups is 1. The molecular weight excluding hydrogens is 376 g/mol. The summed E-state index contributed by atoms with van der Waals surface area (Å²) in [4.78, 5) is 22.7. The maximum Gasteiger partial charge on any atom is 0.271 e. The molecule has 0 aliphatic carbocycles. The highest BCUT2D eigenvalue weighted by molar-refractivity contribution is 7.80. The molecule has 2 rings (SSSR count). The molecule has 1 atom stereocenters. The van der Waals surface area contributed by atoms with Crippen molar-refractivity contribution < 1.29 is 9.72 Å². The zero-order chi connectivity index (χ0) is 20.7. The molecule has 0 saturated carbocycles. The summed E-state index contributed by atoms with van der Waals surface area (Å²) in [7, 11) is 0. The summed E-state index contributed by atoms with van der Waals surface area (Å²) in [5.74, 6) is -0.0173. The highest BCUT2D eigenvalue weighted by Gasteiger charge is 2.15. The van der Waals surface area contributed by atoms with Crippen LogP contribution in [0.2, 0.25) is 0 Å². The van der Waals surface area contributed by atoms with Crippen LogP contribution in [0.5, 0.6) is 0 Å². The number of rotatable bonds is 6. The Bertz CT molecular complexity index is 853. The third-order valence-corrected chi connectivity index (χ3v) is 4.34. The Morgan fingerprint density at radius 3 is 2.39 bits per heavy atom. The molecule has 7 nitrogen and oxygen atoms in total. The van der Waals surface area contributed by atoms with E-state index in [-0.39, 0.29) is 22.6 Å². The van der Waals surface area contributed by atoms with Gasteiger partial charge in [-0.1, -0.05) is 44.2 Å². The Kier molecular flexibility index (Phi) is 7.45. The fraction of sp³-hybridized carbons (Fsp3) is 0.300. The highest BCUT2D eigenvalue weighted by atomic mass is 32.1. The van der Waals surface area contributed by atoms with Crippen molar-refractivity contribution in [1.82, 2.24) is 10.9 Å². The average Bonchev–Trinajstić information content (AvgIpc) is 2.66. The predicted molar refractivity (Wildman–Crippen MR) is 114 cm³/mol. The third-order valence-electron chi connectivity index (χ3n) is 4.13. The molecular formula is C20H24N4O3S. The smallest absolute Gasteiger partial charge is 0.271 e. The second-order valence-electron chi connectivity index (χ2n) is 6.94. The lowest BCUT2D eigenvalue weighted by atomic mass is 9.96. The Labute approximate surface area is 169 Å². The molecule has 0 saturated heterocycles. The van der Waals surface area contributed by atoms with Gasteiger partial charge in [0.15, 0.2) is 5.11 Å².